The van der Waals surface area contributed by atoms with Gasteiger partial charge in [-0.05, 0) is 80.5 Å². The smallest absolute Gasteiger partial charge is 0.391 e. The number of nitrogens with two attached hydrogens (primary N) is 2. The number of rotatable bonds is 17. The number of benzene rings is 2. The molecule has 0 amide bonds. The van der Waals surface area contributed by atoms with Crippen LogP contribution in [0.15, 0.2) is 48.5 Å². The Bertz CT molecular complexity index is 1270. The number of nitrogen functional groups attached to an aromatic ring is 2. The summed E-state index contributed by atoms with van der Waals surface area (Å²) in [6.07, 6.45) is 8.03. The first-order valence-electron chi connectivity index (χ1n) is 16.1. The highest BCUT2D eigenvalue weighted by Gasteiger charge is 2.42. The van der Waals surface area contributed by atoms with Gasteiger partial charge in [-0.25, -0.2) is 9.59 Å². The van der Waals surface area contributed by atoms with Gasteiger partial charge in [0.05, 0.1) is 30.6 Å². The molecule has 0 saturated heterocycles. The third kappa shape index (κ3) is 13.5. The number of anilines is 2. The number of esters is 3. The van der Waals surface area contributed by atoms with Crippen molar-refractivity contribution in [2.45, 2.75) is 89.6 Å². The summed E-state index contributed by atoms with van der Waals surface area (Å²) in [6.45, 7) is 0.719. The van der Waals surface area contributed by atoms with E-state index < -0.39 is 35.9 Å². The molecule has 252 valence electrons. The average molecular weight is 647 g/mol. The first-order chi connectivity index (χ1) is 22.0. The summed E-state index contributed by atoms with van der Waals surface area (Å²) in [5.41, 5.74) is 13.4. The summed E-state index contributed by atoms with van der Waals surface area (Å²) < 4.78 is 54.4. The van der Waals surface area contributed by atoms with Crippen LogP contribution in [0.1, 0.15) is 99.4 Å². The second-order valence-electron chi connectivity index (χ2n) is 11.8. The Morgan fingerprint density at radius 2 is 1.26 bits per heavy atom. The number of hydrogen-bond donors (Lipinski definition) is 2. The molecule has 1 aliphatic rings. The minimum absolute atomic E-state index is 0.0576. The molecule has 0 heterocycles. The Morgan fingerprint density at radius 3 is 1.80 bits per heavy atom. The molecule has 1 aliphatic carbocycles. The molecule has 0 aliphatic heterocycles. The van der Waals surface area contributed by atoms with Crippen LogP contribution in [0.3, 0.4) is 0 Å². The maximum absolute atomic E-state index is 12.8. The van der Waals surface area contributed by atoms with Gasteiger partial charge in [0.25, 0.3) is 0 Å². The fourth-order valence-corrected chi connectivity index (χ4v) is 5.37. The Hall–Kier alpha value is -4.02. The van der Waals surface area contributed by atoms with Gasteiger partial charge >= 0.3 is 24.1 Å². The standard InChI is InChI=1S/C35H45F3N2O6/c36-35(37,38)28-15-13-26(14-16-28)34(43)46-31-17-10-25(11-18-31)12-19-32(41)44-20-8-6-4-2-1-3-5-7-9-21-45-33(42)27-22-29(39)24-30(40)23-27/h10-12,17-19,22-24,26,28H,1-9,13-16,20-21,39-40H2/b19-12+. The molecule has 0 unspecified atom stereocenters. The van der Waals surface area contributed by atoms with Crippen LogP contribution in [-0.2, 0) is 19.1 Å². The Kier molecular flexibility index (Phi) is 14.9. The number of halogens is 3. The Balaban J connectivity index is 1.16. The van der Waals surface area contributed by atoms with E-state index in [1.54, 1.807) is 48.5 Å². The molecule has 8 nitrogen and oxygen atoms in total. The maximum Gasteiger partial charge on any atom is 0.391 e. The fourth-order valence-electron chi connectivity index (χ4n) is 5.37. The van der Waals surface area contributed by atoms with Gasteiger partial charge in [-0.1, -0.05) is 57.1 Å². The van der Waals surface area contributed by atoms with Crippen LogP contribution in [0.25, 0.3) is 6.08 Å². The molecule has 1 fully saturated rings. The molecule has 11 heteroatoms. The average Bonchev–Trinajstić information content (AvgIpc) is 3.02. The van der Waals surface area contributed by atoms with E-state index in [4.69, 9.17) is 25.7 Å². The van der Waals surface area contributed by atoms with Gasteiger partial charge in [-0.2, -0.15) is 13.2 Å². The SMILES string of the molecule is Nc1cc(N)cc(C(=O)OCCCCCCCCCCCOC(=O)/C=C/c2ccc(OC(=O)C3CCC(C(F)(F)F)CC3)cc2)c1. The van der Waals surface area contributed by atoms with Crippen molar-refractivity contribution in [1.29, 1.82) is 0 Å². The highest BCUT2D eigenvalue weighted by molar-refractivity contribution is 5.91. The topological polar surface area (TPSA) is 131 Å². The largest absolute Gasteiger partial charge is 0.463 e. The van der Waals surface area contributed by atoms with Gasteiger partial charge < -0.3 is 25.7 Å². The quantitative estimate of drug-likeness (QED) is 0.0580. The third-order valence-electron chi connectivity index (χ3n) is 8.01. The first-order valence-corrected chi connectivity index (χ1v) is 16.1. The van der Waals surface area contributed by atoms with Crippen LogP contribution in [0.5, 0.6) is 5.75 Å². The van der Waals surface area contributed by atoms with Gasteiger partial charge in [0.1, 0.15) is 5.75 Å². The molecular weight excluding hydrogens is 601 g/mol. The zero-order valence-corrected chi connectivity index (χ0v) is 26.2. The van der Waals surface area contributed by atoms with Crippen molar-refractivity contribution in [2.24, 2.45) is 11.8 Å². The summed E-state index contributed by atoms with van der Waals surface area (Å²) in [4.78, 5) is 36.4. The summed E-state index contributed by atoms with van der Waals surface area (Å²) in [7, 11) is 0. The van der Waals surface area contributed by atoms with E-state index in [1.807, 2.05) is 0 Å². The summed E-state index contributed by atoms with van der Waals surface area (Å²) in [6, 6.07) is 11.2. The molecular formula is C35H45F3N2O6. The molecule has 2 aromatic carbocycles. The van der Waals surface area contributed by atoms with Gasteiger partial charge in [0, 0.05) is 17.5 Å². The molecule has 3 rings (SSSR count). The van der Waals surface area contributed by atoms with Crippen LogP contribution in [0.2, 0.25) is 0 Å². The highest BCUT2D eigenvalue weighted by atomic mass is 19.4. The van der Waals surface area contributed by atoms with Crippen molar-refractivity contribution < 1.29 is 41.8 Å². The van der Waals surface area contributed by atoms with Gasteiger partial charge in [0.2, 0.25) is 0 Å². The van der Waals surface area contributed by atoms with Crippen molar-refractivity contribution in [3.05, 3.63) is 59.7 Å². The lowest BCUT2D eigenvalue weighted by atomic mass is 9.82. The van der Waals surface area contributed by atoms with Gasteiger partial charge in [0.15, 0.2) is 0 Å². The predicted molar refractivity (Wildman–Crippen MR) is 171 cm³/mol. The lowest BCUT2D eigenvalue weighted by Crippen LogP contribution is -2.31. The minimum atomic E-state index is -4.22. The van der Waals surface area contributed by atoms with Crippen LogP contribution in [0.4, 0.5) is 24.5 Å². The van der Waals surface area contributed by atoms with E-state index in [1.165, 1.54) is 6.08 Å². The van der Waals surface area contributed by atoms with Crippen molar-refractivity contribution >= 4 is 35.4 Å². The first kappa shape index (κ1) is 36.4. The zero-order valence-electron chi connectivity index (χ0n) is 26.2. The molecule has 0 aromatic heterocycles. The summed E-state index contributed by atoms with van der Waals surface area (Å²) in [5, 5.41) is 0. The lowest BCUT2D eigenvalue weighted by molar-refractivity contribution is -0.185. The number of carbonyl (C=O) groups excluding carboxylic acids is 3. The van der Waals surface area contributed by atoms with E-state index in [9.17, 15) is 27.6 Å². The maximum atomic E-state index is 12.8. The second-order valence-corrected chi connectivity index (χ2v) is 11.8. The molecule has 0 bridgehead atoms. The third-order valence-corrected chi connectivity index (χ3v) is 8.01. The monoisotopic (exact) mass is 646 g/mol. The van der Waals surface area contributed by atoms with E-state index in [-0.39, 0.29) is 25.7 Å². The van der Waals surface area contributed by atoms with E-state index in [0.717, 1.165) is 57.8 Å². The minimum Gasteiger partial charge on any atom is -0.463 e. The summed E-state index contributed by atoms with van der Waals surface area (Å²) >= 11 is 0. The number of unbranched alkanes of at least 4 members (excludes halogenated alkanes) is 8. The lowest BCUT2D eigenvalue weighted by Gasteiger charge is -2.28. The Morgan fingerprint density at radius 1 is 0.739 bits per heavy atom. The molecule has 0 spiro atoms. The molecule has 46 heavy (non-hydrogen) atoms. The predicted octanol–water partition coefficient (Wildman–Crippen LogP) is 8.05. The number of carbonyl (C=O) groups is 3. The number of hydrogen-bond acceptors (Lipinski definition) is 8. The van der Waals surface area contributed by atoms with Gasteiger partial charge in [-0.15, -0.1) is 0 Å². The van der Waals surface area contributed by atoms with Crippen molar-refractivity contribution in [1.82, 2.24) is 0 Å². The molecule has 0 atom stereocenters. The zero-order chi connectivity index (χ0) is 33.4. The molecule has 0 radical (unpaired) electrons. The van der Waals surface area contributed by atoms with Crippen molar-refractivity contribution in [3.8, 4) is 5.75 Å². The number of ether oxygens (including phenoxy) is 3. The highest BCUT2D eigenvalue weighted by Crippen LogP contribution is 2.39. The summed E-state index contributed by atoms with van der Waals surface area (Å²) in [5.74, 6) is -2.93. The van der Waals surface area contributed by atoms with E-state index in [2.05, 4.69) is 0 Å². The van der Waals surface area contributed by atoms with Crippen molar-refractivity contribution in [3.63, 3.8) is 0 Å². The van der Waals surface area contributed by atoms with Crippen LogP contribution in [0, 0.1) is 11.8 Å². The van der Waals surface area contributed by atoms with Crippen LogP contribution in [-0.4, -0.2) is 37.3 Å². The Labute approximate surface area is 268 Å². The fraction of sp³-hybridized carbons (Fsp3) is 0.514. The van der Waals surface area contributed by atoms with Crippen LogP contribution >= 0.6 is 0 Å². The second kappa shape index (κ2) is 18.8. The molecule has 1 saturated carbocycles. The molecule has 4 N–H and O–H groups in total. The van der Waals surface area contributed by atoms with E-state index in [0.29, 0.717) is 41.5 Å². The van der Waals surface area contributed by atoms with Crippen molar-refractivity contribution in [2.75, 3.05) is 24.7 Å². The number of alkyl halides is 3. The van der Waals surface area contributed by atoms with Crippen LogP contribution < -0.4 is 16.2 Å². The molecule has 2 aromatic rings. The normalized spacial score (nSPS) is 16.7. The van der Waals surface area contributed by atoms with E-state index >= 15 is 0 Å². The van der Waals surface area contributed by atoms with Gasteiger partial charge in [-0.3, -0.25) is 4.79 Å².